The van der Waals surface area contributed by atoms with E-state index < -0.39 is 30.3 Å². The van der Waals surface area contributed by atoms with Crippen LogP contribution in [0.2, 0.25) is 5.02 Å². The van der Waals surface area contributed by atoms with E-state index in [4.69, 9.17) is 20.8 Å². The zero-order chi connectivity index (χ0) is 22.0. The zero-order valence-corrected chi connectivity index (χ0v) is 16.7. The monoisotopic (exact) mass is 438 g/mol. The first-order valence-corrected chi connectivity index (χ1v) is 9.55. The van der Waals surface area contributed by atoms with Gasteiger partial charge in [0.1, 0.15) is 5.76 Å². The Kier molecular flexibility index (Phi) is 5.55. The number of fused-ring (bicyclic) bond motifs is 1. The normalized spacial score (nSPS) is 12.6. The molecule has 1 aromatic heterocycles. The van der Waals surface area contributed by atoms with Crippen molar-refractivity contribution in [2.75, 3.05) is 11.9 Å². The average molecular weight is 439 g/mol. The summed E-state index contributed by atoms with van der Waals surface area (Å²) >= 11 is 5.79. The molecule has 3 amide bonds. The van der Waals surface area contributed by atoms with Crippen molar-refractivity contribution in [2.24, 2.45) is 0 Å². The number of amides is 3. The number of hydrogen-bond donors (Lipinski definition) is 1. The second kappa shape index (κ2) is 8.45. The van der Waals surface area contributed by atoms with E-state index in [1.165, 1.54) is 24.5 Å². The third-order valence-electron chi connectivity index (χ3n) is 4.56. The first kappa shape index (κ1) is 20.4. The van der Waals surface area contributed by atoms with Crippen LogP contribution in [0.25, 0.3) is 0 Å². The van der Waals surface area contributed by atoms with Crippen molar-refractivity contribution in [3.05, 3.63) is 88.3 Å². The lowest BCUT2D eigenvalue weighted by molar-refractivity contribution is -0.119. The van der Waals surface area contributed by atoms with Gasteiger partial charge in [-0.15, -0.1) is 0 Å². The third kappa shape index (κ3) is 4.34. The van der Waals surface area contributed by atoms with E-state index >= 15 is 0 Å². The molecular formula is C22H15ClN2O6. The molecule has 1 aliphatic heterocycles. The van der Waals surface area contributed by atoms with Gasteiger partial charge in [-0.25, -0.2) is 4.79 Å². The Labute approximate surface area is 181 Å². The number of nitrogens with zero attached hydrogens (tertiary/aromatic N) is 1. The lowest BCUT2D eigenvalue weighted by Gasteiger charge is -2.11. The Morgan fingerprint density at radius 1 is 1.00 bits per heavy atom. The van der Waals surface area contributed by atoms with Crippen LogP contribution < -0.4 is 5.32 Å². The number of esters is 1. The van der Waals surface area contributed by atoms with Crippen LogP contribution >= 0.6 is 11.6 Å². The van der Waals surface area contributed by atoms with E-state index in [0.29, 0.717) is 16.5 Å². The van der Waals surface area contributed by atoms with Crippen LogP contribution in [0.1, 0.15) is 36.8 Å². The predicted molar refractivity (Wildman–Crippen MR) is 110 cm³/mol. The van der Waals surface area contributed by atoms with E-state index in [2.05, 4.69) is 5.32 Å². The maximum atomic E-state index is 12.6. The Hall–Kier alpha value is -3.91. The summed E-state index contributed by atoms with van der Waals surface area (Å²) in [4.78, 5) is 50.5. The fourth-order valence-corrected chi connectivity index (χ4v) is 3.19. The SMILES string of the molecule is O=C(COC(=O)c1ccc2c(c1)C(=O)N(Cc1ccco1)C2=O)Nc1ccc(Cl)cc1. The molecule has 8 nitrogen and oxygen atoms in total. The summed E-state index contributed by atoms with van der Waals surface area (Å²) < 4.78 is 10.2. The number of nitrogens with one attached hydrogen (secondary N) is 1. The van der Waals surface area contributed by atoms with Crippen molar-refractivity contribution in [1.29, 1.82) is 0 Å². The second-order valence-electron chi connectivity index (χ2n) is 6.67. The molecule has 156 valence electrons. The van der Waals surface area contributed by atoms with Crippen LogP contribution in [0.4, 0.5) is 5.69 Å². The molecule has 0 fully saturated rings. The van der Waals surface area contributed by atoms with E-state index in [0.717, 1.165) is 4.90 Å². The number of rotatable bonds is 6. The van der Waals surface area contributed by atoms with Gasteiger partial charge in [-0.2, -0.15) is 0 Å². The van der Waals surface area contributed by atoms with Gasteiger partial charge >= 0.3 is 5.97 Å². The summed E-state index contributed by atoms with van der Waals surface area (Å²) in [5.74, 6) is -1.88. The number of ether oxygens (including phenoxy) is 1. The van der Waals surface area contributed by atoms with Gasteiger partial charge in [0.15, 0.2) is 6.61 Å². The Morgan fingerprint density at radius 2 is 1.74 bits per heavy atom. The Balaban J connectivity index is 1.40. The zero-order valence-electron chi connectivity index (χ0n) is 16.0. The minimum Gasteiger partial charge on any atom is -0.467 e. The molecule has 0 saturated carbocycles. The van der Waals surface area contributed by atoms with Gasteiger partial charge in [0, 0.05) is 10.7 Å². The van der Waals surface area contributed by atoms with Crippen molar-refractivity contribution in [1.82, 2.24) is 4.90 Å². The summed E-state index contributed by atoms with van der Waals surface area (Å²) in [5, 5.41) is 3.09. The highest BCUT2D eigenvalue weighted by atomic mass is 35.5. The molecule has 31 heavy (non-hydrogen) atoms. The first-order valence-electron chi connectivity index (χ1n) is 9.17. The van der Waals surface area contributed by atoms with Gasteiger partial charge in [-0.05, 0) is 54.6 Å². The number of benzene rings is 2. The van der Waals surface area contributed by atoms with Gasteiger partial charge in [0.25, 0.3) is 17.7 Å². The Bertz CT molecular complexity index is 1170. The third-order valence-corrected chi connectivity index (χ3v) is 4.81. The number of imide groups is 1. The maximum Gasteiger partial charge on any atom is 0.338 e. The molecule has 0 atom stereocenters. The van der Waals surface area contributed by atoms with Gasteiger partial charge in [-0.1, -0.05) is 11.6 Å². The van der Waals surface area contributed by atoms with Crippen molar-refractivity contribution >= 4 is 41.0 Å². The molecule has 2 aromatic carbocycles. The minimum absolute atomic E-state index is 0.00992. The van der Waals surface area contributed by atoms with Gasteiger partial charge in [0.2, 0.25) is 0 Å². The van der Waals surface area contributed by atoms with Crippen molar-refractivity contribution < 1.29 is 28.3 Å². The number of carbonyl (C=O) groups is 4. The van der Waals surface area contributed by atoms with Crippen LogP contribution in [-0.4, -0.2) is 35.2 Å². The second-order valence-corrected chi connectivity index (χ2v) is 7.10. The molecule has 0 saturated heterocycles. The highest BCUT2D eigenvalue weighted by Crippen LogP contribution is 2.26. The van der Waals surface area contributed by atoms with Crippen molar-refractivity contribution in [3.8, 4) is 0 Å². The first-order chi connectivity index (χ1) is 14.9. The van der Waals surface area contributed by atoms with Crippen molar-refractivity contribution in [2.45, 2.75) is 6.54 Å². The number of anilines is 1. The molecule has 0 aliphatic carbocycles. The topological polar surface area (TPSA) is 106 Å². The molecule has 0 bridgehead atoms. The van der Waals surface area contributed by atoms with E-state index in [-0.39, 0.29) is 23.2 Å². The molecule has 9 heteroatoms. The minimum atomic E-state index is -0.793. The highest BCUT2D eigenvalue weighted by Gasteiger charge is 2.36. The summed E-state index contributed by atoms with van der Waals surface area (Å²) in [6.07, 6.45) is 1.45. The molecule has 0 spiro atoms. The maximum absolute atomic E-state index is 12.6. The summed E-state index contributed by atoms with van der Waals surface area (Å²) in [6, 6.07) is 13.8. The smallest absolute Gasteiger partial charge is 0.338 e. The Morgan fingerprint density at radius 3 is 2.45 bits per heavy atom. The lowest BCUT2D eigenvalue weighted by atomic mass is 10.1. The van der Waals surface area contributed by atoms with E-state index in [9.17, 15) is 19.2 Å². The largest absolute Gasteiger partial charge is 0.467 e. The molecule has 0 unspecified atom stereocenters. The number of halogens is 1. The van der Waals surface area contributed by atoms with Gasteiger partial charge < -0.3 is 14.5 Å². The summed E-state index contributed by atoms with van der Waals surface area (Å²) in [5.41, 5.74) is 0.841. The van der Waals surface area contributed by atoms with E-state index in [1.54, 1.807) is 36.4 Å². The molecule has 1 N–H and O–H groups in total. The molecule has 3 aromatic rings. The molecule has 4 rings (SSSR count). The van der Waals surface area contributed by atoms with Gasteiger partial charge in [-0.3, -0.25) is 19.3 Å². The van der Waals surface area contributed by atoms with Crippen LogP contribution in [0.5, 0.6) is 0 Å². The van der Waals surface area contributed by atoms with Gasteiger partial charge in [0.05, 0.1) is 29.5 Å². The standard InChI is InChI=1S/C22H15ClN2O6/c23-14-4-6-15(7-5-14)24-19(26)12-31-22(29)13-3-8-17-18(10-13)21(28)25(20(17)27)11-16-2-1-9-30-16/h1-10H,11-12H2,(H,24,26). The molecule has 1 aliphatic rings. The van der Waals surface area contributed by atoms with Crippen LogP contribution in [0.15, 0.2) is 65.3 Å². The molecule has 0 radical (unpaired) electrons. The summed E-state index contributed by atoms with van der Waals surface area (Å²) in [6.45, 7) is -0.528. The van der Waals surface area contributed by atoms with Crippen LogP contribution in [0, 0.1) is 0 Å². The predicted octanol–water partition coefficient (Wildman–Crippen LogP) is 3.52. The number of hydrogen-bond acceptors (Lipinski definition) is 6. The fourth-order valence-electron chi connectivity index (χ4n) is 3.06. The number of carbonyl (C=O) groups excluding carboxylic acids is 4. The molecule has 2 heterocycles. The fraction of sp³-hybridized carbons (Fsp3) is 0.0909. The summed E-state index contributed by atoms with van der Waals surface area (Å²) in [7, 11) is 0. The van der Waals surface area contributed by atoms with E-state index in [1.807, 2.05) is 0 Å². The number of furan rings is 1. The quantitative estimate of drug-likeness (QED) is 0.466. The van der Waals surface area contributed by atoms with Crippen LogP contribution in [-0.2, 0) is 16.1 Å². The van der Waals surface area contributed by atoms with Crippen molar-refractivity contribution in [3.63, 3.8) is 0 Å². The average Bonchev–Trinajstić information content (AvgIpc) is 3.36. The van der Waals surface area contributed by atoms with Crippen LogP contribution in [0.3, 0.4) is 0 Å². The molecular weight excluding hydrogens is 424 g/mol. The lowest BCUT2D eigenvalue weighted by Crippen LogP contribution is -2.28. The highest BCUT2D eigenvalue weighted by molar-refractivity contribution is 6.30.